The van der Waals surface area contributed by atoms with Crippen molar-refractivity contribution in [3.63, 3.8) is 0 Å². The van der Waals surface area contributed by atoms with Crippen molar-refractivity contribution in [3.05, 3.63) is 23.9 Å². The van der Waals surface area contributed by atoms with Gasteiger partial charge in [0.1, 0.15) is 11.6 Å². The molecule has 0 unspecified atom stereocenters. The Morgan fingerprint density at radius 3 is 3.28 bits per heavy atom. The lowest BCUT2D eigenvalue weighted by molar-refractivity contribution is -0.130. The molecule has 1 aromatic rings. The van der Waals surface area contributed by atoms with Gasteiger partial charge in [-0.2, -0.15) is 0 Å². The molecule has 0 fully saturated rings. The number of nitrogens with zero attached hydrogens (tertiary/aromatic N) is 2. The molecule has 0 radical (unpaired) electrons. The number of carbonyl (C=O) groups is 1. The van der Waals surface area contributed by atoms with E-state index in [1.54, 1.807) is 29.5 Å². The normalized spacial score (nSPS) is 18.1. The number of hydrogen-bond acceptors (Lipinski definition) is 6. The highest BCUT2D eigenvalue weighted by molar-refractivity contribution is 7.99. The lowest BCUT2D eigenvalue weighted by Crippen LogP contribution is -2.31. The summed E-state index contributed by atoms with van der Waals surface area (Å²) in [7, 11) is 0. The first kappa shape index (κ1) is 12.8. The molecule has 2 heterocycles. The van der Waals surface area contributed by atoms with Gasteiger partial charge in [0.25, 0.3) is 5.91 Å². The van der Waals surface area contributed by atoms with Gasteiger partial charge in [-0.3, -0.25) is 10.0 Å². The van der Waals surface area contributed by atoms with E-state index in [1.807, 2.05) is 13.0 Å². The first-order chi connectivity index (χ1) is 8.76. The third-order valence-corrected chi connectivity index (χ3v) is 3.23. The third-order valence-electron chi connectivity index (χ3n) is 2.35. The molecule has 0 spiro atoms. The largest absolute Gasteiger partial charge is 0.475 e. The number of carbonyl (C=O) groups excluding carboxylic acids is 1. The first-order valence-electron chi connectivity index (χ1n) is 5.49. The van der Waals surface area contributed by atoms with E-state index in [0.717, 1.165) is 16.3 Å². The summed E-state index contributed by atoms with van der Waals surface area (Å²) in [6, 6.07) is 2.94. The second-order valence-corrected chi connectivity index (χ2v) is 4.78. The molecule has 0 saturated carbocycles. The van der Waals surface area contributed by atoms with Crippen LogP contribution in [0.5, 0.6) is 0 Å². The highest BCUT2D eigenvalue weighted by Gasteiger charge is 2.27. The van der Waals surface area contributed by atoms with Crippen molar-refractivity contribution in [2.75, 3.05) is 12.4 Å². The van der Waals surface area contributed by atoms with Gasteiger partial charge in [0, 0.05) is 6.20 Å². The molecule has 6 nitrogen and oxygen atoms in total. The molecular weight excluding hydrogens is 254 g/mol. The molecule has 0 saturated heterocycles. The van der Waals surface area contributed by atoms with Crippen molar-refractivity contribution in [3.8, 4) is 0 Å². The number of nitrogens with one attached hydrogen (secondary N) is 1. The zero-order valence-corrected chi connectivity index (χ0v) is 10.6. The number of hydroxylamine groups is 1. The average Bonchev–Trinajstić information content (AvgIpc) is 2.88. The Morgan fingerprint density at radius 2 is 2.56 bits per heavy atom. The van der Waals surface area contributed by atoms with E-state index in [0.29, 0.717) is 5.90 Å². The van der Waals surface area contributed by atoms with E-state index in [2.05, 4.69) is 9.98 Å². The predicted octanol–water partition coefficient (Wildman–Crippen LogP) is 0.844. The van der Waals surface area contributed by atoms with Crippen LogP contribution in [0.1, 0.15) is 12.5 Å². The monoisotopic (exact) mass is 267 g/mol. The van der Waals surface area contributed by atoms with Crippen LogP contribution in [0.2, 0.25) is 0 Å². The lowest BCUT2D eigenvalue weighted by Gasteiger charge is -2.05. The van der Waals surface area contributed by atoms with Gasteiger partial charge < -0.3 is 4.74 Å². The first-order valence-corrected chi connectivity index (χ1v) is 6.47. The Morgan fingerprint density at radius 1 is 1.72 bits per heavy atom. The van der Waals surface area contributed by atoms with Gasteiger partial charge in [0.15, 0.2) is 6.04 Å². The van der Waals surface area contributed by atoms with E-state index in [4.69, 9.17) is 9.94 Å². The van der Waals surface area contributed by atoms with Gasteiger partial charge in [-0.1, -0.05) is 6.92 Å². The maximum atomic E-state index is 11.2. The van der Waals surface area contributed by atoms with Crippen LogP contribution in [0.15, 0.2) is 28.3 Å². The number of pyridine rings is 1. The van der Waals surface area contributed by atoms with E-state index >= 15 is 0 Å². The number of aromatic nitrogens is 1. The molecule has 1 aromatic heterocycles. The van der Waals surface area contributed by atoms with E-state index < -0.39 is 11.9 Å². The molecule has 1 atom stereocenters. The van der Waals surface area contributed by atoms with Crippen LogP contribution in [0.4, 0.5) is 0 Å². The molecule has 1 aliphatic heterocycles. The maximum Gasteiger partial charge on any atom is 0.271 e. The molecule has 0 aromatic carbocycles. The smallest absolute Gasteiger partial charge is 0.271 e. The van der Waals surface area contributed by atoms with E-state index in [-0.39, 0.29) is 6.61 Å². The Hall–Kier alpha value is -1.60. The molecular formula is C11H13N3O3S. The van der Waals surface area contributed by atoms with Crippen molar-refractivity contribution in [2.45, 2.75) is 18.0 Å². The van der Waals surface area contributed by atoms with Gasteiger partial charge >= 0.3 is 0 Å². The minimum absolute atomic E-state index is 0.132. The molecule has 2 rings (SSSR count). The summed E-state index contributed by atoms with van der Waals surface area (Å²) in [6.07, 6.45) is 1.70. The Kier molecular flexibility index (Phi) is 4.16. The van der Waals surface area contributed by atoms with Crippen LogP contribution in [0.25, 0.3) is 0 Å². The number of ether oxygens (including phenoxy) is 1. The Bertz CT molecular complexity index is 478. The molecule has 7 heteroatoms. The van der Waals surface area contributed by atoms with Gasteiger partial charge in [0.2, 0.25) is 5.90 Å². The molecule has 1 aliphatic rings. The van der Waals surface area contributed by atoms with Gasteiger partial charge in [-0.05, 0) is 17.9 Å². The molecule has 0 aliphatic carbocycles. The molecule has 1 amide bonds. The standard InChI is InChI=1S/C11H13N3O3S/c1-2-18-11-7(4-3-5-12-11)10-13-8(6-17-10)9(15)14-16/h3-5,8,16H,2,6H2,1H3,(H,14,15)/t8-/m1/s1. The average molecular weight is 267 g/mol. The van der Waals surface area contributed by atoms with Gasteiger partial charge in [-0.25, -0.2) is 15.5 Å². The summed E-state index contributed by atoms with van der Waals surface area (Å²) in [4.78, 5) is 19.6. The summed E-state index contributed by atoms with van der Waals surface area (Å²) in [5, 5.41) is 9.37. The zero-order valence-electron chi connectivity index (χ0n) is 9.79. The summed E-state index contributed by atoms with van der Waals surface area (Å²) in [5.74, 6) is 0.712. The lowest BCUT2D eigenvalue weighted by atomic mass is 10.3. The minimum atomic E-state index is -0.704. The number of thioether (sulfide) groups is 1. The highest BCUT2D eigenvalue weighted by Crippen LogP contribution is 2.22. The summed E-state index contributed by atoms with van der Waals surface area (Å²) in [5.41, 5.74) is 2.35. The van der Waals surface area contributed by atoms with Crippen LogP contribution in [-0.4, -0.2) is 40.4 Å². The molecule has 96 valence electrons. The van der Waals surface area contributed by atoms with Gasteiger partial charge in [0.05, 0.1) is 5.56 Å². The highest BCUT2D eigenvalue weighted by atomic mass is 32.2. The summed E-state index contributed by atoms with van der Waals surface area (Å²) in [6.45, 7) is 2.16. The van der Waals surface area contributed by atoms with Crippen molar-refractivity contribution < 1.29 is 14.7 Å². The van der Waals surface area contributed by atoms with Crippen molar-refractivity contribution >= 4 is 23.6 Å². The van der Waals surface area contributed by atoms with E-state index in [1.165, 1.54) is 0 Å². The van der Waals surface area contributed by atoms with E-state index in [9.17, 15) is 4.79 Å². The second-order valence-electron chi connectivity index (χ2n) is 3.53. The summed E-state index contributed by atoms with van der Waals surface area (Å²) >= 11 is 1.58. The quantitative estimate of drug-likeness (QED) is 0.480. The minimum Gasteiger partial charge on any atom is -0.475 e. The van der Waals surface area contributed by atoms with Crippen LogP contribution in [0, 0.1) is 0 Å². The third kappa shape index (κ3) is 2.62. The second kappa shape index (κ2) is 5.83. The van der Waals surface area contributed by atoms with Crippen molar-refractivity contribution in [1.29, 1.82) is 0 Å². The van der Waals surface area contributed by atoms with Crippen LogP contribution in [0.3, 0.4) is 0 Å². The number of rotatable bonds is 4. The summed E-state index contributed by atoms with van der Waals surface area (Å²) < 4.78 is 5.39. The molecule has 2 N–H and O–H groups in total. The fraction of sp³-hybridized carbons (Fsp3) is 0.364. The maximum absolute atomic E-state index is 11.2. The zero-order chi connectivity index (χ0) is 13.0. The Labute approximate surface area is 108 Å². The fourth-order valence-corrected chi connectivity index (χ4v) is 2.26. The number of amides is 1. The molecule has 0 bridgehead atoms. The van der Waals surface area contributed by atoms with Crippen molar-refractivity contribution in [1.82, 2.24) is 10.5 Å². The van der Waals surface area contributed by atoms with Crippen molar-refractivity contribution in [2.24, 2.45) is 4.99 Å². The molecule has 18 heavy (non-hydrogen) atoms. The van der Waals surface area contributed by atoms with Crippen LogP contribution < -0.4 is 5.48 Å². The fourth-order valence-electron chi connectivity index (χ4n) is 1.54. The van der Waals surface area contributed by atoms with Gasteiger partial charge in [-0.15, -0.1) is 11.8 Å². The SMILES string of the molecule is CCSc1ncccc1C1=N[C@@H](C(=O)NO)CO1. The topological polar surface area (TPSA) is 83.8 Å². The number of aliphatic imine (C=N–C) groups is 1. The van der Waals surface area contributed by atoms with Crippen LogP contribution in [-0.2, 0) is 9.53 Å². The van der Waals surface area contributed by atoms with Crippen LogP contribution >= 0.6 is 11.8 Å². The predicted molar refractivity (Wildman–Crippen MR) is 66.8 cm³/mol. The Balaban J connectivity index is 2.25. The number of hydrogen-bond donors (Lipinski definition) is 2.